The minimum atomic E-state index is -3.26. The fraction of sp³-hybridized carbons (Fsp3) is 1.00. The van der Waals surface area contributed by atoms with Gasteiger partial charge in [0.25, 0.3) is 0 Å². The normalized spacial score (nSPS) is 19.6. The van der Waals surface area contributed by atoms with E-state index in [1.165, 1.54) is 12.8 Å². The summed E-state index contributed by atoms with van der Waals surface area (Å²) in [7, 11) is -3.26. The highest BCUT2D eigenvalue weighted by atomic mass is 32.2. The third-order valence-corrected chi connectivity index (χ3v) is 4.62. The van der Waals surface area contributed by atoms with Gasteiger partial charge in [-0.1, -0.05) is 12.8 Å². The molecule has 5 nitrogen and oxygen atoms in total. The Morgan fingerprint density at radius 2 is 2.06 bits per heavy atom. The molecule has 0 saturated heterocycles. The number of hydrogen-bond acceptors (Lipinski definition) is 4. The van der Waals surface area contributed by atoms with Gasteiger partial charge in [0, 0.05) is 19.2 Å². The Bertz CT molecular complexity index is 300. The molecule has 1 aliphatic rings. The van der Waals surface area contributed by atoms with Crippen LogP contribution in [0.5, 0.6) is 0 Å². The van der Waals surface area contributed by atoms with Crippen molar-refractivity contribution in [3.63, 3.8) is 0 Å². The van der Waals surface area contributed by atoms with E-state index in [0.29, 0.717) is 19.1 Å². The molecule has 0 amide bonds. The van der Waals surface area contributed by atoms with Crippen molar-refractivity contribution < 1.29 is 13.2 Å². The van der Waals surface area contributed by atoms with Gasteiger partial charge in [0.2, 0.25) is 10.0 Å². The maximum atomic E-state index is 11.8. The van der Waals surface area contributed by atoms with Crippen LogP contribution < -0.4 is 10.5 Å². The van der Waals surface area contributed by atoms with Crippen LogP contribution in [0.4, 0.5) is 0 Å². The molecule has 0 radical (unpaired) electrons. The Morgan fingerprint density at radius 3 is 2.59 bits per heavy atom. The molecule has 3 N–H and O–H groups in total. The van der Waals surface area contributed by atoms with Gasteiger partial charge < -0.3 is 10.5 Å². The molecule has 1 atom stereocenters. The molecule has 1 fully saturated rings. The summed E-state index contributed by atoms with van der Waals surface area (Å²) in [5, 5.41) is 0. The van der Waals surface area contributed by atoms with E-state index in [2.05, 4.69) is 4.72 Å². The van der Waals surface area contributed by atoms with Gasteiger partial charge in [-0.25, -0.2) is 13.1 Å². The summed E-state index contributed by atoms with van der Waals surface area (Å²) in [6.45, 7) is 3.01. The number of nitrogens with two attached hydrogens (primary N) is 1. The fourth-order valence-electron chi connectivity index (χ4n) is 2.30. The molecular weight excluding hydrogens is 240 g/mol. The number of hydrogen-bond donors (Lipinski definition) is 2. The predicted octanol–water partition coefficient (Wildman–Crippen LogP) is 0.460. The summed E-state index contributed by atoms with van der Waals surface area (Å²) in [6, 6.07) is -0.107. The second-order valence-corrected chi connectivity index (χ2v) is 6.39. The van der Waals surface area contributed by atoms with E-state index in [0.717, 1.165) is 12.8 Å². The monoisotopic (exact) mass is 264 g/mol. The van der Waals surface area contributed by atoms with E-state index in [1.807, 2.05) is 6.92 Å². The van der Waals surface area contributed by atoms with Crippen molar-refractivity contribution in [3.05, 3.63) is 0 Å². The summed E-state index contributed by atoms with van der Waals surface area (Å²) < 4.78 is 31.3. The standard InChI is InChI=1S/C11H24N2O3S/c1-2-16-7-8-17(14,15)13-11(9-12)10-5-3-4-6-10/h10-11,13H,2-9,12H2,1H3. The van der Waals surface area contributed by atoms with Crippen LogP contribution in [0.25, 0.3) is 0 Å². The first-order valence-corrected chi connectivity index (χ1v) is 8.02. The Hall–Kier alpha value is -0.170. The summed E-state index contributed by atoms with van der Waals surface area (Å²) in [6.07, 6.45) is 4.52. The molecule has 0 aromatic rings. The third-order valence-electron chi connectivity index (χ3n) is 3.25. The van der Waals surface area contributed by atoms with E-state index in [4.69, 9.17) is 10.5 Å². The van der Waals surface area contributed by atoms with Gasteiger partial charge in [0.15, 0.2) is 0 Å². The summed E-state index contributed by atoms with van der Waals surface area (Å²) in [4.78, 5) is 0. The molecule has 0 heterocycles. The van der Waals surface area contributed by atoms with Crippen molar-refractivity contribution in [3.8, 4) is 0 Å². The highest BCUT2D eigenvalue weighted by Crippen LogP contribution is 2.27. The highest BCUT2D eigenvalue weighted by Gasteiger charge is 2.27. The molecule has 0 aromatic heterocycles. The zero-order chi connectivity index (χ0) is 12.7. The maximum Gasteiger partial charge on any atom is 0.214 e. The zero-order valence-electron chi connectivity index (χ0n) is 10.5. The molecule has 0 spiro atoms. The van der Waals surface area contributed by atoms with Crippen LogP contribution in [-0.2, 0) is 14.8 Å². The zero-order valence-corrected chi connectivity index (χ0v) is 11.3. The van der Waals surface area contributed by atoms with Crippen molar-refractivity contribution in [1.82, 2.24) is 4.72 Å². The average Bonchev–Trinajstić information content (AvgIpc) is 2.79. The quantitative estimate of drug-likeness (QED) is 0.624. The van der Waals surface area contributed by atoms with Crippen molar-refractivity contribution in [2.45, 2.75) is 38.6 Å². The Balaban J connectivity index is 2.42. The van der Waals surface area contributed by atoms with Gasteiger partial charge in [0.05, 0.1) is 12.4 Å². The van der Waals surface area contributed by atoms with Gasteiger partial charge in [0.1, 0.15) is 0 Å². The number of nitrogens with one attached hydrogen (secondary N) is 1. The molecular formula is C11H24N2O3S. The Kier molecular flexibility index (Phi) is 6.40. The summed E-state index contributed by atoms with van der Waals surface area (Å²) >= 11 is 0. The van der Waals surface area contributed by atoms with Crippen LogP contribution >= 0.6 is 0 Å². The molecule has 1 unspecified atom stereocenters. The van der Waals surface area contributed by atoms with E-state index >= 15 is 0 Å². The number of rotatable bonds is 8. The lowest BCUT2D eigenvalue weighted by Gasteiger charge is -2.22. The summed E-state index contributed by atoms with van der Waals surface area (Å²) in [5.41, 5.74) is 5.66. The van der Waals surface area contributed by atoms with Gasteiger partial charge in [-0.3, -0.25) is 0 Å². The van der Waals surface area contributed by atoms with Gasteiger partial charge in [-0.15, -0.1) is 0 Å². The minimum absolute atomic E-state index is 0.0179. The highest BCUT2D eigenvalue weighted by molar-refractivity contribution is 7.89. The first-order chi connectivity index (χ1) is 8.09. The molecule has 1 saturated carbocycles. The molecule has 0 aliphatic heterocycles. The molecule has 17 heavy (non-hydrogen) atoms. The number of ether oxygens (including phenoxy) is 1. The Morgan fingerprint density at radius 1 is 1.41 bits per heavy atom. The van der Waals surface area contributed by atoms with Crippen LogP contribution in [0.15, 0.2) is 0 Å². The van der Waals surface area contributed by atoms with Crippen LogP contribution in [-0.4, -0.2) is 40.0 Å². The van der Waals surface area contributed by atoms with E-state index in [9.17, 15) is 8.42 Å². The SMILES string of the molecule is CCOCCS(=O)(=O)NC(CN)C1CCCC1. The van der Waals surface area contributed by atoms with Crippen molar-refractivity contribution in [2.24, 2.45) is 11.7 Å². The smallest absolute Gasteiger partial charge is 0.214 e. The van der Waals surface area contributed by atoms with E-state index < -0.39 is 10.0 Å². The second kappa shape index (κ2) is 7.31. The topological polar surface area (TPSA) is 81.4 Å². The molecule has 0 bridgehead atoms. The predicted molar refractivity (Wildman–Crippen MR) is 68.2 cm³/mol. The van der Waals surface area contributed by atoms with Gasteiger partial charge >= 0.3 is 0 Å². The first-order valence-electron chi connectivity index (χ1n) is 6.37. The van der Waals surface area contributed by atoms with E-state index in [1.54, 1.807) is 0 Å². The maximum absolute atomic E-state index is 11.8. The molecule has 102 valence electrons. The molecule has 1 rings (SSSR count). The number of sulfonamides is 1. The lowest BCUT2D eigenvalue weighted by Crippen LogP contribution is -2.45. The van der Waals surface area contributed by atoms with Crippen LogP contribution in [0.3, 0.4) is 0 Å². The first kappa shape index (κ1) is 14.9. The van der Waals surface area contributed by atoms with Crippen LogP contribution in [0, 0.1) is 5.92 Å². The van der Waals surface area contributed by atoms with Gasteiger partial charge in [-0.05, 0) is 25.7 Å². The van der Waals surface area contributed by atoms with Gasteiger partial charge in [-0.2, -0.15) is 0 Å². The summed E-state index contributed by atoms with van der Waals surface area (Å²) in [5.74, 6) is 0.422. The molecule has 1 aliphatic carbocycles. The third kappa shape index (κ3) is 5.33. The molecule has 0 aromatic carbocycles. The van der Waals surface area contributed by atoms with E-state index in [-0.39, 0.29) is 18.4 Å². The minimum Gasteiger partial charge on any atom is -0.381 e. The Labute approximate surface area is 104 Å². The van der Waals surface area contributed by atoms with Crippen molar-refractivity contribution in [2.75, 3.05) is 25.5 Å². The molecule has 6 heteroatoms. The van der Waals surface area contributed by atoms with Crippen molar-refractivity contribution >= 4 is 10.0 Å². The lowest BCUT2D eigenvalue weighted by atomic mass is 9.99. The van der Waals surface area contributed by atoms with Crippen LogP contribution in [0.1, 0.15) is 32.6 Å². The average molecular weight is 264 g/mol. The fourth-order valence-corrected chi connectivity index (χ4v) is 3.50. The second-order valence-electron chi connectivity index (χ2n) is 4.52. The lowest BCUT2D eigenvalue weighted by molar-refractivity contribution is 0.163. The van der Waals surface area contributed by atoms with Crippen molar-refractivity contribution in [1.29, 1.82) is 0 Å². The largest absolute Gasteiger partial charge is 0.381 e. The van der Waals surface area contributed by atoms with Crippen LogP contribution in [0.2, 0.25) is 0 Å².